The van der Waals surface area contributed by atoms with Gasteiger partial charge in [0.1, 0.15) is 11.5 Å². The molecule has 0 unspecified atom stereocenters. The van der Waals surface area contributed by atoms with Gasteiger partial charge in [-0.1, -0.05) is 18.1 Å². The highest BCUT2D eigenvalue weighted by atomic mass is 16.4. The SMILES string of the molecule is C#CCn1c(=O)[nH]c(N)c(NC(=O)c2ccc3cc(C(=O)O)ccc3c2)c1=O. The van der Waals surface area contributed by atoms with Crippen LogP contribution in [0.3, 0.4) is 0 Å². The molecule has 28 heavy (non-hydrogen) atoms. The molecule has 0 atom stereocenters. The fraction of sp³-hybridized carbons (Fsp3) is 0.0526. The third-order valence-electron chi connectivity index (χ3n) is 4.05. The van der Waals surface area contributed by atoms with Crippen LogP contribution in [-0.2, 0) is 6.54 Å². The van der Waals surface area contributed by atoms with Gasteiger partial charge in [0.15, 0.2) is 0 Å². The Hall–Kier alpha value is -4.32. The number of H-pyrrole nitrogens is 1. The van der Waals surface area contributed by atoms with Crippen LogP contribution in [0.15, 0.2) is 46.0 Å². The van der Waals surface area contributed by atoms with Gasteiger partial charge in [-0.3, -0.25) is 14.6 Å². The first-order valence-corrected chi connectivity index (χ1v) is 7.96. The van der Waals surface area contributed by atoms with Crippen LogP contribution in [-0.4, -0.2) is 26.5 Å². The molecular formula is C19H14N4O5. The Bertz CT molecular complexity index is 1280. The number of aromatic amines is 1. The van der Waals surface area contributed by atoms with Gasteiger partial charge in [-0.05, 0) is 35.0 Å². The second-order valence-electron chi connectivity index (χ2n) is 5.85. The molecule has 9 nitrogen and oxygen atoms in total. The largest absolute Gasteiger partial charge is 0.478 e. The van der Waals surface area contributed by atoms with E-state index in [0.29, 0.717) is 10.8 Å². The van der Waals surface area contributed by atoms with Gasteiger partial charge in [0.25, 0.3) is 11.5 Å². The number of rotatable bonds is 4. The Labute approximate surface area is 157 Å². The van der Waals surface area contributed by atoms with E-state index in [0.717, 1.165) is 4.57 Å². The monoisotopic (exact) mass is 378 g/mol. The van der Waals surface area contributed by atoms with E-state index in [1.165, 1.54) is 24.3 Å². The summed E-state index contributed by atoms with van der Waals surface area (Å²) in [5, 5.41) is 12.7. The van der Waals surface area contributed by atoms with Crippen molar-refractivity contribution in [3.63, 3.8) is 0 Å². The molecule has 2 aromatic carbocycles. The molecule has 0 spiro atoms. The first-order valence-electron chi connectivity index (χ1n) is 7.96. The highest BCUT2D eigenvalue weighted by Gasteiger charge is 2.16. The molecule has 0 radical (unpaired) electrons. The van der Waals surface area contributed by atoms with Gasteiger partial charge in [0.05, 0.1) is 12.1 Å². The molecule has 0 bridgehead atoms. The zero-order valence-electron chi connectivity index (χ0n) is 14.4. The number of nitrogens with one attached hydrogen (secondary N) is 2. The molecule has 1 aromatic heterocycles. The quantitative estimate of drug-likeness (QED) is 0.495. The number of nitrogens with two attached hydrogens (primary N) is 1. The molecule has 140 valence electrons. The highest BCUT2D eigenvalue weighted by molar-refractivity contribution is 6.07. The molecule has 1 heterocycles. The number of nitrogen functional groups attached to an aromatic ring is 1. The molecule has 3 rings (SSSR count). The van der Waals surface area contributed by atoms with Crippen molar-refractivity contribution in [2.75, 3.05) is 11.1 Å². The minimum absolute atomic E-state index is 0.125. The molecule has 5 N–H and O–H groups in total. The van der Waals surface area contributed by atoms with E-state index in [1.54, 1.807) is 12.1 Å². The normalized spacial score (nSPS) is 10.4. The average Bonchev–Trinajstić information content (AvgIpc) is 2.67. The molecule has 0 aliphatic carbocycles. The van der Waals surface area contributed by atoms with Gasteiger partial charge in [0.2, 0.25) is 0 Å². The third kappa shape index (κ3) is 3.34. The summed E-state index contributed by atoms with van der Waals surface area (Å²) in [6.45, 7) is -0.279. The second kappa shape index (κ2) is 7.13. The molecule has 0 saturated heterocycles. The third-order valence-corrected chi connectivity index (χ3v) is 4.05. The van der Waals surface area contributed by atoms with Crippen molar-refractivity contribution in [1.29, 1.82) is 0 Å². The van der Waals surface area contributed by atoms with Crippen LogP contribution < -0.4 is 22.3 Å². The Balaban J connectivity index is 1.98. The van der Waals surface area contributed by atoms with E-state index in [1.807, 2.05) is 0 Å². The lowest BCUT2D eigenvalue weighted by Gasteiger charge is -2.10. The van der Waals surface area contributed by atoms with Crippen molar-refractivity contribution >= 4 is 34.2 Å². The van der Waals surface area contributed by atoms with E-state index in [-0.39, 0.29) is 29.2 Å². The number of hydrogen-bond acceptors (Lipinski definition) is 5. The number of benzene rings is 2. The summed E-state index contributed by atoms with van der Waals surface area (Å²) >= 11 is 0. The lowest BCUT2D eigenvalue weighted by atomic mass is 10.0. The van der Waals surface area contributed by atoms with E-state index < -0.39 is 23.1 Å². The van der Waals surface area contributed by atoms with Crippen LogP contribution in [0.4, 0.5) is 11.5 Å². The van der Waals surface area contributed by atoms with Crippen LogP contribution >= 0.6 is 0 Å². The van der Waals surface area contributed by atoms with Crippen LogP contribution in [0.1, 0.15) is 20.7 Å². The van der Waals surface area contributed by atoms with Gasteiger partial charge in [0, 0.05) is 5.56 Å². The summed E-state index contributed by atoms with van der Waals surface area (Å²) in [6, 6.07) is 9.08. The zero-order valence-corrected chi connectivity index (χ0v) is 14.4. The van der Waals surface area contributed by atoms with Crippen molar-refractivity contribution in [1.82, 2.24) is 9.55 Å². The van der Waals surface area contributed by atoms with E-state index >= 15 is 0 Å². The van der Waals surface area contributed by atoms with Crippen molar-refractivity contribution in [3.8, 4) is 12.3 Å². The fourth-order valence-electron chi connectivity index (χ4n) is 2.65. The van der Waals surface area contributed by atoms with Gasteiger partial charge in [-0.15, -0.1) is 6.42 Å². The van der Waals surface area contributed by atoms with E-state index in [9.17, 15) is 19.2 Å². The first kappa shape index (κ1) is 18.5. The highest BCUT2D eigenvalue weighted by Crippen LogP contribution is 2.19. The Morgan fingerprint density at radius 2 is 1.75 bits per heavy atom. The number of carboxylic acid groups (broad SMARTS) is 1. The Kier molecular flexibility index (Phi) is 4.70. The van der Waals surface area contributed by atoms with Crippen molar-refractivity contribution in [3.05, 3.63) is 68.4 Å². The molecule has 3 aromatic rings. The number of anilines is 2. The van der Waals surface area contributed by atoms with Gasteiger partial charge in [-0.25, -0.2) is 14.2 Å². The Morgan fingerprint density at radius 3 is 2.36 bits per heavy atom. The molecule has 9 heteroatoms. The van der Waals surface area contributed by atoms with Crippen LogP contribution in [0.2, 0.25) is 0 Å². The summed E-state index contributed by atoms with van der Waals surface area (Å²) in [5.74, 6) is 0.202. The van der Waals surface area contributed by atoms with Gasteiger partial charge < -0.3 is 16.2 Å². The summed E-state index contributed by atoms with van der Waals surface area (Å²) < 4.78 is 0.736. The molecule has 0 aliphatic heterocycles. The minimum atomic E-state index is -1.06. The second-order valence-corrected chi connectivity index (χ2v) is 5.85. The van der Waals surface area contributed by atoms with Crippen LogP contribution in [0.5, 0.6) is 0 Å². The molecule has 0 saturated carbocycles. The summed E-state index contributed by atoms with van der Waals surface area (Å²) in [6.07, 6.45) is 5.14. The van der Waals surface area contributed by atoms with E-state index in [4.69, 9.17) is 17.3 Å². The number of aromatic carboxylic acids is 1. The number of fused-ring (bicyclic) bond motifs is 1. The minimum Gasteiger partial charge on any atom is -0.478 e. The predicted molar refractivity (Wildman–Crippen MR) is 103 cm³/mol. The number of carbonyl (C=O) groups excluding carboxylic acids is 1. The summed E-state index contributed by atoms with van der Waals surface area (Å²) in [4.78, 5) is 50.0. The van der Waals surface area contributed by atoms with Crippen LogP contribution in [0.25, 0.3) is 10.8 Å². The molecule has 0 fully saturated rings. The smallest absolute Gasteiger partial charge is 0.335 e. The standard InChI is InChI=1S/C19H14N4O5/c1-2-7-23-17(25)14(15(20)22-19(23)28)21-16(24)12-5-3-11-9-13(18(26)27)6-4-10(11)8-12/h1,3-6,8-9H,7,20H2,(H,21,24)(H,22,28)(H,26,27). The number of carboxylic acids is 1. The number of nitrogens with zero attached hydrogens (tertiary/aromatic N) is 1. The average molecular weight is 378 g/mol. The van der Waals surface area contributed by atoms with Crippen LogP contribution in [0, 0.1) is 12.3 Å². The number of carbonyl (C=O) groups is 2. The molecular weight excluding hydrogens is 364 g/mol. The topological polar surface area (TPSA) is 147 Å². The fourth-order valence-corrected chi connectivity index (χ4v) is 2.65. The van der Waals surface area contributed by atoms with Crippen molar-refractivity contribution < 1.29 is 14.7 Å². The maximum absolute atomic E-state index is 12.6. The number of hydrogen-bond donors (Lipinski definition) is 4. The zero-order chi connectivity index (χ0) is 20.4. The maximum atomic E-state index is 12.6. The molecule has 1 amide bonds. The number of aromatic nitrogens is 2. The van der Waals surface area contributed by atoms with Crippen molar-refractivity contribution in [2.45, 2.75) is 6.54 Å². The number of terminal acetylenes is 1. The van der Waals surface area contributed by atoms with Gasteiger partial charge >= 0.3 is 11.7 Å². The molecule has 0 aliphatic rings. The van der Waals surface area contributed by atoms with Crippen molar-refractivity contribution in [2.24, 2.45) is 0 Å². The maximum Gasteiger partial charge on any atom is 0.335 e. The summed E-state index contributed by atoms with van der Waals surface area (Å²) in [7, 11) is 0. The van der Waals surface area contributed by atoms with E-state index in [2.05, 4.69) is 16.2 Å². The lowest BCUT2D eigenvalue weighted by molar-refractivity contribution is 0.0697. The Morgan fingerprint density at radius 1 is 1.14 bits per heavy atom. The summed E-state index contributed by atoms with van der Waals surface area (Å²) in [5.41, 5.74) is 4.11. The van der Waals surface area contributed by atoms with Gasteiger partial charge in [-0.2, -0.15) is 0 Å². The lowest BCUT2D eigenvalue weighted by Crippen LogP contribution is -2.38. The predicted octanol–water partition coefficient (Wildman–Crippen LogP) is 0.856. The first-order chi connectivity index (χ1) is 13.3. The number of amides is 1.